The molecule has 0 radical (unpaired) electrons. The summed E-state index contributed by atoms with van der Waals surface area (Å²) in [4.78, 5) is 10.4. The molecule has 0 aromatic heterocycles. The van der Waals surface area contributed by atoms with E-state index in [-0.39, 0.29) is 0 Å². The van der Waals surface area contributed by atoms with Crippen LogP contribution in [0.15, 0.2) is 0 Å². The van der Waals surface area contributed by atoms with E-state index >= 15 is 0 Å². The molecule has 1 N–H and O–H groups in total. The highest BCUT2D eigenvalue weighted by Crippen LogP contribution is 2.18. The number of aliphatic carboxylic acids is 1. The van der Waals surface area contributed by atoms with Gasteiger partial charge in [-0.2, -0.15) is 0 Å². The molecule has 21 heavy (non-hydrogen) atoms. The first-order chi connectivity index (χ1) is 10.0. The number of hydrogen-bond acceptors (Lipinski definition) is 1. The molecule has 1 atom stereocenters. The topological polar surface area (TPSA) is 37.3 Å². The van der Waals surface area contributed by atoms with Crippen molar-refractivity contribution in [2.45, 2.75) is 104 Å². The van der Waals surface area contributed by atoms with E-state index in [1.807, 2.05) is 0 Å². The summed E-state index contributed by atoms with van der Waals surface area (Å²) in [5.41, 5.74) is 0. The van der Waals surface area contributed by atoms with Crippen molar-refractivity contribution < 1.29 is 9.90 Å². The Hall–Kier alpha value is -0.530. The molecule has 0 saturated heterocycles. The molecule has 0 heterocycles. The second-order valence-electron chi connectivity index (χ2n) is 7.04. The van der Waals surface area contributed by atoms with Gasteiger partial charge in [0.2, 0.25) is 0 Å². The third-order valence-corrected chi connectivity index (χ3v) is 4.69. The second-order valence-corrected chi connectivity index (χ2v) is 7.04. The van der Waals surface area contributed by atoms with Crippen molar-refractivity contribution >= 4 is 5.97 Å². The number of rotatable bonds is 15. The first-order valence-electron chi connectivity index (χ1n) is 9.25. The Kier molecular flexibility index (Phi) is 14.0. The number of carboxylic acid groups (broad SMARTS) is 1. The highest BCUT2D eigenvalue weighted by atomic mass is 16.4. The van der Waals surface area contributed by atoms with Gasteiger partial charge in [0, 0.05) is 6.42 Å². The number of carboxylic acids is 1. The average molecular weight is 299 g/mol. The highest BCUT2D eigenvalue weighted by molar-refractivity contribution is 5.66. The van der Waals surface area contributed by atoms with Crippen molar-refractivity contribution in [3.05, 3.63) is 0 Å². The van der Waals surface area contributed by atoms with E-state index in [9.17, 15) is 4.79 Å². The minimum atomic E-state index is -0.655. The fraction of sp³-hybridized carbons (Fsp3) is 0.947. The van der Waals surface area contributed by atoms with Gasteiger partial charge in [-0.25, -0.2) is 0 Å². The number of hydrogen-bond donors (Lipinski definition) is 1. The predicted molar refractivity (Wildman–Crippen MR) is 91.7 cm³/mol. The molecule has 1 unspecified atom stereocenters. The van der Waals surface area contributed by atoms with E-state index in [0.717, 1.165) is 24.7 Å². The van der Waals surface area contributed by atoms with Gasteiger partial charge >= 0.3 is 5.97 Å². The second kappa shape index (κ2) is 14.4. The van der Waals surface area contributed by atoms with Crippen LogP contribution in [0.3, 0.4) is 0 Å². The van der Waals surface area contributed by atoms with E-state index in [0.29, 0.717) is 6.42 Å². The van der Waals surface area contributed by atoms with Gasteiger partial charge in [-0.05, 0) is 18.3 Å². The van der Waals surface area contributed by atoms with Gasteiger partial charge in [0.15, 0.2) is 0 Å². The van der Waals surface area contributed by atoms with Crippen LogP contribution in [0.1, 0.15) is 104 Å². The molecule has 126 valence electrons. The molecule has 0 aromatic carbocycles. The molecule has 2 nitrogen and oxygen atoms in total. The number of unbranched alkanes of at least 4 members (excludes halogenated alkanes) is 10. The van der Waals surface area contributed by atoms with Gasteiger partial charge in [0.1, 0.15) is 0 Å². The van der Waals surface area contributed by atoms with Gasteiger partial charge in [0.05, 0.1) is 0 Å². The zero-order valence-corrected chi connectivity index (χ0v) is 14.7. The zero-order valence-electron chi connectivity index (χ0n) is 14.7. The van der Waals surface area contributed by atoms with Crippen molar-refractivity contribution in [3.8, 4) is 0 Å². The largest absolute Gasteiger partial charge is 0.481 e. The van der Waals surface area contributed by atoms with E-state index in [4.69, 9.17) is 5.11 Å². The van der Waals surface area contributed by atoms with Crippen LogP contribution in [0, 0.1) is 11.8 Å². The van der Waals surface area contributed by atoms with Gasteiger partial charge in [-0.1, -0.05) is 91.4 Å². The molecule has 0 aliphatic carbocycles. The molecular weight excluding hydrogens is 260 g/mol. The molecule has 0 aliphatic heterocycles. The molecule has 0 fully saturated rings. The van der Waals surface area contributed by atoms with Crippen LogP contribution in [-0.2, 0) is 4.79 Å². The van der Waals surface area contributed by atoms with Crippen LogP contribution >= 0.6 is 0 Å². The minimum absolute atomic E-state index is 0.343. The molecule has 0 amide bonds. The first kappa shape index (κ1) is 20.5. The maximum Gasteiger partial charge on any atom is 0.303 e. The van der Waals surface area contributed by atoms with Crippen LogP contribution < -0.4 is 0 Å². The standard InChI is InChI=1S/C19H38O2/c1-17(2)18(3)15-13-11-9-7-5-4-6-8-10-12-14-16-19(20)21/h17-18H,4-16H2,1-3H3,(H,20,21). The maximum absolute atomic E-state index is 10.4. The van der Waals surface area contributed by atoms with Gasteiger partial charge in [-0.3, -0.25) is 4.79 Å². The van der Waals surface area contributed by atoms with Crippen LogP contribution in [-0.4, -0.2) is 11.1 Å². The summed E-state index contributed by atoms with van der Waals surface area (Å²) in [5, 5.41) is 8.53. The Morgan fingerprint density at radius 1 is 0.714 bits per heavy atom. The summed E-state index contributed by atoms with van der Waals surface area (Å²) in [6.07, 6.45) is 15.9. The molecule has 0 spiro atoms. The summed E-state index contributed by atoms with van der Waals surface area (Å²) in [6, 6.07) is 0. The summed E-state index contributed by atoms with van der Waals surface area (Å²) in [6.45, 7) is 7.03. The molecule has 2 heteroatoms. The van der Waals surface area contributed by atoms with E-state index in [1.54, 1.807) is 0 Å². The molecule has 0 aliphatic rings. The average Bonchev–Trinajstić information content (AvgIpc) is 2.43. The first-order valence-corrected chi connectivity index (χ1v) is 9.25. The quantitative estimate of drug-likeness (QED) is 0.353. The SMILES string of the molecule is CC(C)C(C)CCCCCCCCCCCCCC(=O)O. The summed E-state index contributed by atoms with van der Waals surface area (Å²) >= 11 is 0. The van der Waals surface area contributed by atoms with Crippen molar-refractivity contribution in [3.63, 3.8) is 0 Å². The van der Waals surface area contributed by atoms with E-state index < -0.39 is 5.97 Å². The van der Waals surface area contributed by atoms with Crippen molar-refractivity contribution in [1.29, 1.82) is 0 Å². The Morgan fingerprint density at radius 2 is 1.10 bits per heavy atom. The van der Waals surface area contributed by atoms with Crippen LogP contribution in [0.5, 0.6) is 0 Å². The van der Waals surface area contributed by atoms with Gasteiger partial charge in [-0.15, -0.1) is 0 Å². The van der Waals surface area contributed by atoms with Crippen molar-refractivity contribution in [2.75, 3.05) is 0 Å². The monoisotopic (exact) mass is 298 g/mol. The summed E-state index contributed by atoms with van der Waals surface area (Å²) in [5.74, 6) is 1.06. The van der Waals surface area contributed by atoms with Crippen LogP contribution in [0.4, 0.5) is 0 Å². The van der Waals surface area contributed by atoms with Crippen LogP contribution in [0.25, 0.3) is 0 Å². The van der Waals surface area contributed by atoms with Crippen molar-refractivity contribution in [1.82, 2.24) is 0 Å². The summed E-state index contributed by atoms with van der Waals surface area (Å²) < 4.78 is 0. The van der Waals surface area contributed by atoms with E-state index in [1.165, 1.54) is 64.2 Å². The molecule has 0 rings (SSSR count). The Bertz CT molecular complexity index is 236. The highest BCUT2D eigenvalue weighted by Gasteiger charge is 2.05. The zero-order chi connectivity index (χ0) is 15.9. The lowest BCUT2D eigenvalue weighted by Crippen LogP contribution is -2.03. The molecule has 0 bridgehead atoms. The lowest BCUT2D eigenvalue weighted by atomic mass is 9.92. The van der Waals surface area contributed by atoms with E-state index in [2.05, 4.69) is 20.8 Å². The minimum Gasteiger partial charge on any atom is -0.481 e. The summed E-state index contributed by atoms with van der Waals surface area (Å²) in [7, 11) is 0. The fourth-order valence-corrected chi connectivity index (χ4v) is 2.67. The number of carbonyl (C=O) groups is 1. The van der Waals surface area contributed by atoms with Gasteiger partial charge < -0.3 is 5.11 Å². The Labute approximate surface area is 132 Å². The lowest BCUT2D eigenvalue weighted by molar-refractivity contribution is -0.137. The van der Waals surface area contributed by atoms with Gasteiger partial charge in [0.25, 0.3) is 0 Å². The fourth-order valence-electron chi connectivity index (χ4n) is 2.67. The maximum atomic E-state index is 10.4. The lowest BCUT2D eigenvalue weighted by Gasteiger charge is -2.14. The molecule has 0 saturated carbocycles. The molecule has 0 aromatic rings. The smallest absolute Gasteiger partial charge is 0.303 e. The Balaban J connectivity index is 3.07. The van der Waals surface area contributed by atoms with Crippen LogP contribution in [0.2, 0.25) is 0 Å². The predicted octanol–water partition coefficient (Wildman–Crippen LogP) is 6.43. The normalized spacial score (nSPS) is 12.8. The Morgan fingerprint density at radius 3 is 1.48 bits per heavy atom. The third-order valence-electron chi connectivity index (χ3n) is 4.69. The molecular formula is C19H38O2. The third kappa shape index (κ3) is 15.7. The van der Waals surface area contributed by atoms with Crippen molar-refractivity contribution in [2.24, 2.45) is 11.8 Å².